The molecule has 0 spiro atoms. The predicted octanol–water partition coefficient (Wildman–Crippen LogP) is 5.60. The van der Waals surface area contributed by atoms with Gasteiger partial charge in [-0.25, -0.2) is 4.98 Å². The van der Waals surface area contributed by atoms with Gasteiger partial charge in [-0.2, -0.15) is 0 Å². The first kappa shape index (κ1) is 14.0. The first-order chi connectivity index (χ1) is 8.60. The van der Waals surface area contributed by atoms with Crippen LogP contribution in [0.3, 0.4) is 0 Å². The van der Waals surface area contributed by atoms with E-state index in [2.05, 4.69) is 58.8 Å². The fourth-order valence-electron chi connectivity index (χ4n) is 1.46. The van der Waals surface area contributed by atoms with Gasteiger partial charge in [0.2, 0.25) is 5.88 Å². The summed E-state index contributed by atoms with van der Waals surface area (Å²) in [6.45, 7) is 1.99. The van der Waals surface area contributed by atoms with Gasteiger partial charge in [-0.3, -0.25) is 0 Å². The standard InChI is InChI=1S/C13H10Br3NO/c1-8-4-9(6-14)7-17-13(8)18-12-3-2-10(15)5-11(12)16/h2-5,7H,6H2,1H3. The minimum absolute atomic E-state index is 0.628. The number of hydrogen-bond acceptors (Lipinski definition) is 2. The molecule has 5 heteroatoms. The highest BCUT2D eigenvalue weighted by atomic mass is 79.9. The summed E-state index contributed by atoms with van der Waals surface area (Å²) >= 11 is 10.3. The molecule has 0 radical (unpaired) electrons. The van der Waals surface area contributed by atoms with Crippen LogP contribution in [0.25, 0.3) is 0 Å². The smallest absolute Gasteiger partial charge is 0.222 e. The van der Waals surface area contributed by atoms with Crippen LogP contribution in [0.5, 0.6) is 11.6 Å². The van der Waals surface area contributed by atoms with E-state index < -0.39 is 0 Å². The first-order valence-corrected chi connectivity index (χ1v) is 7.95. The van der Waals surface area contributed by atoms with E-state index >= 15 is 0 Å². The zero-order valence-corrected chi connectivity index (χ0v) is 14.3. The fourth-order valence-corrected chi connectivity index (χ4v) is 2.90. The summed E-state index contributed by atoms with van der Waals surface area (Å²) in [5.74, 6) is 1.38. The van der Waals surface area contributed by atoms with Crippen molar-refractivity contribution in [2.24, 2.45) is 0 Å². The van der Waals surface area contributed by atoms with E-state index in [0.717, 1.165) is 31.2 Å². The van der Waals surface area contributed by atoms with Gasteiger partial charge in [0.25, 0.3) is 0 Å². The molecule has 1 heterocycles. The zero-order valence-electron chi connectivity index (χ0n) is 9.58. The van der Waals surface area contributed by atoms with Crippen molar-refractivity contribution >= 4 is 47.8 Å². The summed E-state index contributed by atoms with van der Waals surface area (Å²) in [5, 5.41) is 0.795. The molecule has 2 aromatic rings. The Kier molecular flexibility index (Phi) is 4.81. The Bertz CT molecular complexity index is 572. The number of ether oxygens (including phenoxy) is 1. The fraction of sp³-hybridized carbons (Fsp3) is 0.154. The van der Waals surface area contributed by atoms with Crippen LogP contribution in [0.1, 0.15) is 11.1 Å². The van der Waals surface area contributed by atoms with Crippen LogP contribution in [0.2, 0.25) is 0 Å². The van der Waals surface area contributed by atoms with Gasteiger partial charge in [-0.1, -0.05) is 31.9 Å². The van der Waals surface area contributed by atoms with E-state index in [0.29, 0.717) is 5.88 Å². The number of rotatable bonds is 3. The summed E-state index contributed by atoms with van der Waals surface area (Å²) in [4.78, 5) is 4.32. The number of hydrogen-bond donors (Lipinski definition) is 0. The monoisotopic (exact) mass is 433 g/mol. The van der Waals surface area contributed by atoms with Crippen molar-refractivity contribution in [3.05, 3.63) is 50.5 Å². The minimum atomic E-state index is 0.628. The summed E-state index contributed by atoms with van der Waals surface area (Å²) in [7, 11) is 0. The Morgan fingerprint density at radius 1 is 1.22 bits per heavy atom. The third-order valence-corrected chi connectivity index (χ3v) is 4.10. The first-order valence-electron chi connectivity index (χ1n) is 5.24. The van der Waals surface area contributed by atoms with E-state index in [1.807, 2.05) is 31.3 Å². The van der Waals surface area contributed by atoms with Gasteiger partial charge < -0.3 is 4.74 Å². The number of alkyl halides is 1. The van der Waals surface area contributed by atoms with E-state index in [9.17, 15) is 0 Å². The van der Waals surface area contributed by atoms with E-state index in [1.165, 1.54) is 0 Å². The molecule has 0 saturated heterocycles. The highest BCUT2D eigenvalue weighted by Crippen LogP contribution is 2.32. The Labute approximate surface area is 131 Å². The number of halogens is 3. The maximum Gasteiger partial charge on any atom is 0.222 e. The largest absolute Gasteiger partial charge is 0.438 e. The molecule has 0 aliphatic rings. The van der Waals surface area contributed by atoms with Crippen LogP contribution in [0.15, 0.2) is 39.4 Å². The maximum atomic E-state index is 5.80. The Balaban J connectivity index is 2.28. The molecule has 0 N–H and O–H groups in total. The third kappa shape index (κ3) is 3.33. The van der Waals surface area contributed by atoms with Gasteiger partial charge in [0.15, 0.2) is 0 Å². The quantitative estimate of drug-likeness (QED) is 0.585. The lowest BCUT2D eigenvalue weighted by atomic mass is 10.2. The maximum absolute atomic E-state index is 5.80. The number of pyridine rings is 1. The van der Waals surface area contributed by atoms with Crippen LogP contribution in [0.4, 0.5) is 0 Å². The molecule has 0 aliphatic carbocycles. The van der Waals surface area contributed by atoms with Crippen LogP contribution >= 0.6 is 47.8 Å². The van der Waals surface area contributed by atoms with Crippen molar-refractivity contribution in [3.63, 3.8) is 0 Å². The zero-order chi connectivity index (χ0) is 13.1. The summed E-state index contributed by atoms with van der Waals surface area (Å²) in [6.07, 6.45) is 1.81. The lowest BCUT2D eigenvalue weighted by Crippen LogP contribution is -1.93. The van der Waals surface area contributed by atoms with Crippen molar-refractivity contribution in [1.29, 1.82) is 0 Å². The topological polar surface area (TPSA) is 22.1 Å². The van der Waals surface area contributed by atoms with Crippen molar-refractivity contribution in [2.45, 2.75) is 12.3 Å². The lowest BCUT2D eigenvalue weighted by molar-refractivity contribution is 0.456. The molecule has 0 atom stereocenters. The molecule has 0 unspecified atom stereocenters. The van der Waals surface area contributed by atoms with Crippen molar-refractivity contribution < 1.29 is 4.74 Å². The second kappa shape index (κ2) is 6.17. The van der Waals surface area contributed by atoms with Gasteiger partial charge in [-0.05, 0) is 52.7 Å². The van der Waals surface area contributed by atoms with Crippen molar-refractivity contribution in [2.75, 3.05) is 0 Å². The predicted molar refractivity (Wildman–Crippen MR) is 83.5 cm³/mol. The summed E-state index contributed by atoms with van der Waals surface area (Å²) in [5.41, 5.74) is 2.15. The highest BCUT2D eigenvalue weighted by Gasteiger charge is 2.07. The molecule has 1 aromatic carbocycles. The van der Waals surface area contributed by atoms with Crippen LogP contribution in [-0.4, -0.2) is 4.98 Å². The van der Waals surface area contributed by atoms with Gasteiger partial charge >= 0.3 is 0 Å². The van der Waals surface area contributed by atoms with E-state index in [-0.39, 0.29) is 0 Å². The molecule has 2 rings (SSSR count). The average molecular weight is 436 g/mol. The molecule has 0 saturated carbocycles. The molecule has 94 valence electrons. The Morgan fingerprint density at radius 3 is 2.61 bits per heavy atom. The van der Waals surface area contributed by atoms with Crippen LogP contribution in [-0.2, 0) is 5.33 Å². The summed E-state index contributed by atoms with van der Waals surface area (Å²) < 4.78 is 7.69. The van der Waals surface area contributed by atoms with Gasteiger partial charge in [0, 0.05) is 21.6 Å². The SMILES string of the molecule is Cc1cc(CBr)cnc1Oc1ccc(Br)cc1Br. The molecule has 0 aliphatic heterocycles. The van der Waals surface area contributed by atoms with Gasteiger partial charge in [0.05, 0.1) is 4.47 Å². The minimum Gasteiger partial charge on any atom is -0.438 e. The second-order valence-corrected chi connectivity index (χ2v) is 6.11. The number of aryl methyl sites for hydroxylation is 1. The van der Waals surface area contributed by atoms with Crippen LogP contribution in [0, 0.1) is 6.92 Å². The Morgan fingerprint density at radius 2 is 2.00 bits per heavy atom. The molecule has 2 nitrogen and oxygen atoms in total. The molecule has 0 amide bonds. The average Bonchev–Trinajstić information content (AvgIpc) is 2.34. The third-order valence-electron chi connectivity index (χ3n) is 2.34. The van der Waals surface area contributed by atoms with E-state index in [4.69, 9.17) is 4.74 Å². The van der Waals surface area contributed by atoms with Crippen molar-refractivity contribution in [1.82, 2.24) is 4.98 Å². The lowest BCUT2D eigenvalue weighted by Gasteiger charge is -2.10. The van der Waals surface area contributed by atoms with E-state index in [1.54, 1.807) is 0 Å². The molecule has 18 heavy (non-hydrogen) atoms. The molecule has 0 bridgehead atoms. The van der Waals surface area contributed by atoms with Crippen molar-refractivity contribution in [3.8, 4) is 11.6 Å². The normalized spacial score (nSPS) is 10.4. The molecular formula is C13H10Br3NO. The molecular weight excluding hydrogens is 426 g/mol. The number of benzene rings is 1. The molecule has 0 fully saturated rings. The Hall–Kier alpha value is -0.390. The number of aromatic nitrogens is 1. The summed E-state index contributed by atoms with van der Waals surface area (Å²) in [6, 6.07) is 7.83. The van der Waals surface area contributed by atoms with Gasteiger partial charge in [-0.15, -0.1) is 0 Å². The van der Waals surface area contributed by atoms with Gasteiger partial charge in [0.1, 0.15) is 5.75 Å². The molecule has 1 aromatic heterocycles. The van der Waals surface area contributed by atoms with Crippen LogP contribution < -0.4 is 4.74 Å². The second-order valence-electron chi connectivity index (χ2n) is 3.78. The number of nitrogens with zero attached hydrogens (tertiary/aromatic N) is 1. The highest BCUT2D eigenvalue weighted by molar-refractivity contribution is 9.11.